The van der Waals surface area contributed by atoms with Crippen molar-refractivity contribution in [2.24, 2.45) is 0 Å². The first-order valence-corrected chi connectivity index (χ1v) is 8.09. The van der Waals surface area contributed by atoms with Crippen molar-refractivity contribution in [3.05, 3.63) is 96.1 Å². The number of hydrogen-bond donors (Lipinski definition) is 0. The summed E-state index contributed by atoms with van der Waals surface area (Å²) in [5.41, 5.74) is 8.28. The fourth-order valence-corrected chi connectivity index (χ4v) is 3.76. The van der Waals surface area contributed by atoms with E-state index in [4.69, 9.17) is 0 Å². The van der Waals surface area contributed by atoms with E-state index in [1.165, 1.54) is 44.2 Å². The van der Waals surface area contributed by atoms with Gasteiger partial charge in [-0.1, -0.05) is 78.9 Å². The van der Waals surface area contributed by atoms with Crippen LogP contribution in [0.2, 0.25) is 0 Å². The van der Waals surface area contributed by atoms with E-state index in [2.05, 4.69) is 84.9 Å². The molecule has 4 aromatic rings. The molecule has 0 atom stereocenters. The minimum absolute atomic E-state index is 1.05. The molecule has 0 saturated carbocycles. The van der Waals surface area contributed by atoms with Gasteiger partial charge in [-0.25, -0.2) is 0 Å². The van der Waals surface area contributed by atoms with Gasteiger partial charge in [0.2, 0.25) is 0 Å². The summed E-state index contributed by atoms with van der Waals surface area (Å²) in [5, 5.41) is 2.69. The van der Waals surface area contributed by atoms with Gasteiger partial charge in [-0.05, 0) is 56.6 Å². The van der Waals surface area contributed by atoms with Crippen molar-refractivity contribution < 1.29 is 0 Å². The van der Waals surface area contributed by atoms with Crippen molar-refractivity contribution in [3.8, 4) is 22.3 Å². The summed E-state index contributed by atoms with van der Waals surface area (Å²) in [4.78, 5) is 0. The summed E-state index contributed by atoms with van der Waals surface area (Å²) >= 11 is 0. The lowest BCUT2D eigenvalue weighted by atomic mass is 9.94. The van der Waals surface area contributed by atoms with Crippen LogP contribution in [-0.4, -0.2) is 0 Å². The molecule has 0 saturated heterocycles. The molecule has 0 radical (unpaired) electrons. The van der Waals surface area contributed by atoms with Crippen LogP contribution >= 0.6 is 0 Å². The Bertz CT molecular complexity index is 1030. The molecule has 0 unspecified atom stereocenters. The normalized spacial score (nSPS) is 12.2. The Hall–Kier alpha value is -2.86. The largest absolute Gasteiger partial charge is 0.0622 e. The maximum atomic E-state index is 2.35. The predicted molar refractivity (Wildman–Crippen MR) is 97.6 cm³/mol. The molecule has 5 rings (SSSR count). The molecule has 0 nitrogen and oxygen atoms in total. The summed E-state index contributed by atoms with van der Waals surface area (Å²) in [6, 6.07) is 30.8. The molecule has 1 aliphatic carbocycles. The van der Waals surface area contributed by atoms with E-state index in [0.717, 1.165) is 6.42 Å². The van der Waals surface area contributed by atoms with Gasteiger partial charge in [-0.3, -0.25) is 0 Å². The predicted octanol–water partition coefficient (Wildman–Crippen LogP) is 6.08. The third kappa shape index (κ3) is 1.92. The molecule has 23 heavy (non-hydrogen) atoms. The van der Waals surface area contributed by atoms with E-state index in [-0.39, 0.29) is 0 Å². The van der Waals surface area contributed by atoms with Crippen LogP contribution in [0.1, 0.15) is 11.1 Å². The van der Waals surface area contributed by atoms with Gasteiger partial charge in [0, 0.05) is 0 Å². The topological polar surface area (TPSA) is 0 Å². The van der Waals surface area contributed by atoms with Crippen LogP contribution in [0, 0.1) is 0 Å². The van der Waals surface area contributed by atoms with Gasteiger partial charge in [0.15, 0.2) is 0 Å². The standard InChI is InChI=1S/C23H16/c1-2-6-16(7-3-1)18-12-10-17-11-13-20-14-19-8-4-5-9-21(19)23(20)22(17)15-18/h1-13,15H,14H2. The van der Waals surface area contributed by atoms with Gasteiger partial charge in [-0.15, -0.1) is 0 Å². The Balaban J connectivity index is 1.81. The van der Waals surface area contributed by atoms with E-state index in [9.17, 15) is 0 Å². The highest BCUT2D eigenvalue weighted by molar-refractivity contribution is 6.02. The van der Waals surface area contributed by atoms with Gasteiger partial charge >= 0.3 is 0 Å². The first-order valence-electron chi connectivity index (χ1n) is 8.09. The maximum Gasteiger partial charge on any atom is -0.00132 e. The maximum absolute atomic E-state index is 2.35. The number of benzene rings is 4. The van der Waals surface area contributed by atoms with E-state index in [1.807, 2.05) is 0 Å². The number of rotatable bonds is 1. The smallest absolute Gasteiger partial charge is 0.00132 e. The zero-order chi connectivity index (χ0) is 15.2. The molecule has 4 aromatic carbocycles. The minimum Gasteiger partial charge on any atom is -0.0622 e. The van der Waals surface area contributed by atoms with Gasteiger partial charge in [-0.2, -0.15) is 0 Å². The summed E-state index contributed by atoms with van der Waals surface area (Å²) in [7, 11) is 0. The fraction of sp³-hybridized carbons (Fsp3) is 0.0435. The highest BCUT2D eigenvalue weighted by atomic mass is 14.2. The Morgan fingerprint density at radius 3 is 2.26 bits per heavy atom. The van der Waals surface area contributed by atoms with Crippen molar-refractivity contribution in [1.82, 2.24) is 0 Å². The zero-order valence-electron chi connectivity index (χ0n) is 12.8. The molecule has 0 N–H and O–H groups in total. The number of fused-ring (bicyclic) bond motifs is 5. The first kappa shape index (κ1) is 12.7. The van der Waals surface area contributed by atoms with Crippen LogP contribution in [0.4, 0.5) is 0 Å². The average molecular weight is 292 g/mol. The second-order valence-corrected chi connectivity index (χ2v) is 6.24. The SMILES string of the molecule is c1ccc(-c2ccc3ccc4c(c3c2)-c2ccccc2C4)cc1. The lowest BCUT2D eigenvalue weighted by Crippen LogP contribution is -1.84. The summed E-state index contributed by atoms with van der Waals surface area (Å²) < 4.78 is 0. The first-order chi connectivity index (χ1) is 11.4. The molecule has 0 heteroatoms. The van der Waals surface area contributed by atoms with Gasteiger partial charge in [0.25, 0.3) is 0 Å². The van der Waals surface area contributed by atoms with Crippen LogP contribution in [0.3, 0.4) is 0 Å². The quantitative estimate of drug-likeness (QED) is 0.351. The van der Waals surface area contributed by atoms with E-state index < -0.39 is 0 Å². The van der Waals surface area contributed by atoms with Crippen molar-refractivity contribution in [3.63, 3.8) is 0 Å². The summed E-state index contributed by atoms with van der Waals surface area (Å²) in [6.07, 6.45) is 1.05. The third-order valence-electron chi connectivity index (χ3n) is 4.88. The van der Waals surface area contributed by atoms with E-state index in [1.54, 1.807) is 0 Å². The third-order valence-corrected chi connectivity index (χ3v) is 4.88. The van der Waals surface area contributed by atoms with Crippen LogP contribution in [0.5, 0.6) is 0 Å². The molecule has 0 aliphatic heterocycles. The molecule has 0 aromatic heterocycles. The number of hydrogen-bond acceptors (Lipinski definition) is 0. The second kappa shape index (κ2) is 4.82. The summed E-state index contributed by atoms with van der Waals surface area (Å²) in [5.74, 6) is 0. The average Bonchev–Trinajstić information content (AvgIpc) is 3.01. The van der Waals surface area contributed by atoms with Crippen molar-refractivity contribution in [2.45, 2.75) is 6.42 Å². The Kier molecular flexibility index (Phi) is 2.65. The van der Waals surface area contributed by atoms with Crippen molar-refractivity contribution in [2.75, 3.05) is 0 Å². The van der Waals surface area contributed by atoms with Crippen LogP contribution in [0.15, 0.2) is 84.9 Å². The molecule has 1 aliphatic rings. The molecule has 108 valence electrons. The van der Waals surface area contributed by atoms with E-state index >= 15 is 0 Å². The van der Waals surface area contributed by atoms with Gasteiger partial charge in [0.05, 0.1) is 0 Å². The molecular weight excluding hydrogens is 276 g/mol. The van der Waals surface area contributed by atoms with Crippen molar-refractivity contribution in [1.29, 1.82) is 0 Å². The van der Waals surface area contributed by atoms with Gasteiger partial charge in [0.1, 0.15) is 0 Å². The minimum atomic E-state index is 1.05. The van der Waals surface area contributed by atoms with Crippen LogP contribution in [0.25, 0.3) is 33.0 Å². The lowest BCUT2D eigenvalue weighted by molar-refractivity contribution is 1.27. The second-order valence-electron chi connectivity index (χ2n) is 6.24. The molecular formula is C23H16. The Labute approximate surface area is 136 Å². The van der Waals surface area contributed by atoms with Crippen LogP contribution in [-0.2, 0) is 6.42 Å². The lowest BCUT2D eigenvalue weighted by Gasteiger charge is -2.09. The Morgan fingerprint density at radius 2 is 1.35 bits per heavy atom. The molecule has 0 heterocycles. The fourth-order valence-electron chi connectivity index (χ4n) is 3.76. The zero-order valence-corrected chi connectivity index (χ0v) is 12.8. The highest BCUT2D eigenvalue weighted by Gasteiger charge is 2.20. The molecule has 0 spiro atoms. The highest BCUT2D eigenvalue weighted by Crippen LogP contribution is 2.42. The van der Waals surface area contributed by atoms with Crippen molar-refractivity contribution >= 4 is 10.8 Å². The monoisotopic (exact) mass is 292 g/mol. The van der Waals surface area contributed by atoms with Gasteiger partial charge < -0.3 is 0 Å². The molecule has 0 bridgehead atoms. The van der Waals surface area contributed by atoms with Crippen LogP contribution < -0.4 is 0 Å². The van der Waals surface area contributed by atoms with E-state index in [0.29, 0.717) is 0 Å². The summed E-state index contributed by atoms with van der Waals surface area (Å²) in [6.45, 7) is 0. The Morgan fingerprint density at radius 1 is 0.565 bits per heavy atom. The molecule has 0 fully saturated rings. The molecule has 0 amide bonds.